The minimum absolute atomic E-state index is 0.291. The van der Waals surface area contributed by atoms with Gasteiger partial charge >= 0.3 is 5.22 Å². The third kappa shape index (κ3) is 3.65. The second-order valence-corrected chi connectivity index (χ2v) is 3.17. The average molecular weight is 270 g/mol. The zero-order valence-corrected chi connectivity index (χ0v) is 9.36. The standard InChI is InChI=1S/C7H6N6O6/c1-5-2-3-6(10(14)8-12(16)17)4-7(5)11(15)9-13(18)19/h2-4H,1H3/b10-8-,11-9?. The summed E-state index contributed by atoms with van der Waals surface area (Å²) in [5, 5.41) is 31.3. The van der Waals surface area contributed by atoms with Gasteiger partial charge in [0.15, 0.2) is 0 Å². The SMILES string of the molecule is Cc1ccc(/[N+]([O-])=N/[N+](=O)[O-])cc1[N+](=O)[N-][N+](=O)[O-]. The number of hydrogen-bond acceptors (Lipinski definition) is 6. The molecule has 0 aromatic heterocycles. The van der Waals surface area contributed by atoms with E-state index in [1.807, 2.05) is 0 Å². The van der Waals surface area contributed by atoms with Crippen LogP contribution < -0.4 is 0 Å². The number of rotatable bonds is 5. The molecule has 12 heteroatoms. The number of aryl methyl sites for hydroxylation is 1. The average Bonchev–Trinajstić information content (AvgIpc) is 2.27. The molecule has 0 aliphatic rings. The molecule has 12 nitrogen and oxygen atoms in total. The predicted molar refractivity (Wildman–Crippen MR) is 57.5 cm³/mol. The molecule has 0 saturated carbocycles. The minimum Gasteiger partial charge on any atom is -0.590 e. The molecule has 100 valence electrons. The van der Waals surface area contributed by atoms with Gasteiger partial charge in [0.25, 0.3) is 16.4 Å². The molecule has 0 heterocycles. The minimum atomic E-state index is -1.22. The van der Waals surface area contributed by atoms with Gasteiger partial charge in [0.2, 0.25) is 0 Å². The van der Waals surface area contributed by atoms with Crippen molar-refractivity contribution in [3.05, 3.63) is 59.6 Å². The van der Waals surface area contributed by atoms with E-state index in [0.29, 0.717) is 5.56 Å². The van der Waals surface area contributed by atoms with E-state index >= 15 is 0 Å². The van der Waals surface area contributed by atoms with Gasteiger partial charge in [-0.05, 0) is 18.5 Å². The largest absolute Gasteiger partial charge is 0.590 e. The smallest absolute Gasteiger partial charge is 0.349 e. The Balaban J connectivity index is 3.17. The summed E-state index contributed by atoms with van der Waals surface area (Å²) in [7, 11) is 0. The molecular weight excluding hydrogens is 264 g/mol. The lowest BCUT2D eigenvalue weighted by Crippen LogP contribution is -2.04. The van der Waals surface area contributed by atoms with Crippen LogP contribution in [0.5, 0.6) is 0 Å². The maximum atomic E-state index is 11.3. The third-order valence-corrected chi connectivity index (χ3v) is 1.93. The molecule has 19 heavy (non-hydrogen) atoms. The van der Waals surface area contributed by atoms with Gasteiger partial charge in [-0.1, -0.05) is 0 Å². The van der Waals surface area contributed by atoms with E-state index in [2.05, 4.69) is 10.8 Å². The zero-order valence-electron chi connectivity index (χ0n) is 9.36. The van der Waals surface area contributed by atoms with E-state index in [9.17, 15) is 30.3 Å². The van der Waals surface area contributed by atoms with E-state index in [1.165, 1.54) is 19.1 Å². The first kappa shape index (κ1) is 13.9. The summed E-state index contributed by atoms with van der Waals surface area (Å²) in [6, 6.07) is 3.33. The second-order valence-electron chi connectivity index (χ2n) is 3.17. The fourth-order valence-corrected chi connectivity index (χ4v) is 1.16. The molecule has 1 rings (SSSR count). The molecule has 0 radical (unpaired) electrons. The summed E-state index contributed by atoms with van der Waals surface area (Å²) in [6.07, 6.45) is 0. The molecule has 0 saturated heterocycles. The van der Waals surface area contributed by atoms with Crippen molar-refractivity contribution in [2.24, 2.45) is 5.22 Å². The summed E-state index contributed by atoms with van der Waals surface area (Å²) in [6.45, 7) is 1.44. The highest BCUT2D eigenvalue weighted by Gasteiger charge is 2.20. The van der Waals surface area contributed by atoms with E-state index in [-0.39, 0.29) is 21.1 Å². The Morgan fingerprint density at radius 1 is 1.16 bits per heavy atom. The number of hydrogen-bond donors (Lipinski definition) is 0. The maximum absolute atomic E-state index is 11.3. The molecule has 0 bridgehead atoms. The summed E-state index contributed by atoms with van der Waals surface area (Å²) < 4.78 is 0. The van der Waals surface area contributed by atoms with Crippen LogP contribution in [0.1, 0.15) is 5.56 Å². The van der Waals surface area contributed by atoms with Gasteiger partial charge in [-0.25, -0.2) is 10.1 Å². The topological polar surface area (TPSA) is 159 Å². The maximum Gasteiger partial charge on any atom is 0.349 e. The summed E-state index contributed by atoms with van der Waals surface area (Å²) in [5.74, 6) is 0. The quantitative estimate of drug-likeness (QED) is 0.342. The molecule has 0 unspecified atom stereocenters. The van der Waals surface area contributed by atoms with Gasteiger partial charge in [0, 0.05) is 26.4 Å². The van der Waals surface area contributed by atoms with Crippen LogP contribution in [-0.2, 0) is 0 Å². The summed E-state index contributed by atoms with van der Waals surface area (Å²) in [4.78, 5) is 30.8. The molecule has 1 aromatic carbocycles. The molecule has 0 aliphatic carbocycles. The van der Waals surface area contributed by atoms with Crippen LogP contribution in [0.2, 0.25) is 0 Å². The predicted octanol–water partition coefficient (Wildman–Crippen LogP) is 1.67. The lowest BCUT2D eigenvalue weighted by molar-refractivity contribution is -0.642. The first-order chi connectivity index (χ1) is 8.81. The Morgan fingerprint density at radius 3 is 2.32 bits per heavy atom. The molecular formula is C7H6N6O6. The van der Waals surface area contributed by atoms with Crippen molar-refractivity contribution in [3.63, 3.8) is 0 Å². The van der Waals surface area contributed by atoms with Gasteiger partial charge in [0.05, 0.1) is 10.9 Å². The van der Waals surface area contributed by atoms with Crippen molar-refractivity contribution in [3.8, 4) is 0 Å². The molecule has 0 aliphatic heterocycles. The Morgan fingerprint density at radius 2 is 1.79 bits per heavy atom. The molecule has 0 amide bonds. The van der Waals surface area contributed by atoms with Crippen LogP contribution in [-0.4, -0.2) is 19.8 Å². The molecule has 0 atom stereocenters. The van der Waals surface area contributed by atoms with Crippen LogP contribution in [0.4, 0.5) is 11.4 Å². The van der Waals surface area contributed by atoms with Crippen molar-refractivity contribution in [2.75, 3.05) is 0 Å². The Bertz CT molecular complexity index is 583. The zero-order chi connectivity index (χ0) is 14.6. The van der Waals surface area contributed by atoms with E-state index in [1.54, 1.807) is 0 Å². The molecule has 0 N–H and O–H groups in total. The van der Waals surface area contributed by atoms with Gasteiger partial charge in [-0.3, -0.25) is 10.1 Å². The Hall–Kier alpha value is -3.18. The van der Waals surface area contributed by atoms with Crippen molar-refractivity contribution >= 4 is 11.4 Å². The highest BCUT2D eigenvalue weighted by atomic mass is 16.7. The first-order valence-corrected chi connectivity index (χ1v) is 4.58. The van der Waals surface area contributed by atoms with E-state index < -0.39 is 10.1 Å². The summed E-state index contributed by atoms with van der Waals surface area (Å²) >= 11 is 0. The highest BCUT2D eigenvalue weighted by molar-refractivity contribution is 5.48. The fourth-order valence-electron chi connectivity index (χ4n) is 1.16. The van der Waals surface area contributed by atoms with Crippen LogP contribution in [0.25, 0.3) is 5.53 Å². The Kier molecular flexibility index (Phi) is 3.97. The van der Waals surface area contributed by atoms with Crippen molar-refractivity contribution in [1.82, 2.24) is 0 Å². The lowest BCUT2D eigenvalue weighted by atomic mass is 10.2. The van der Waals surface area contributed by atoms with Crippen molar-refractivity contribution in [1.29, 1.82) is 0 Å². The lowest BCUT2D eigenvalue weighted by Gasteiger charge is -2.01. The molecule has 0 fully saturated rings. The van der Waals surface area contributed by atoms with Gasteiger partial charge in [-0.2, -0.15) is 0 Å². The van der Waals surface area contributed by atoms with Gasteiger partial charge in [-0.15, -0.1) is 0 Å². The fraction of sp³-hybridized carbons (Fsp3) is 0.143. The normalized spacial score (nSPS) is 10.9. The van der Waals surface area contributed by atoms with E-state index in [4.69, 9.17) is 0 Å². The first-order valence-electron chi connectivity index (χ1n) is 4.58. The highest BCUT2D eigenvalue weighted by Crippen LogP contribution is 2.25. The van der Waals surface area contributed by atoms with Gasteiger partial charge < -0.3 is 5.21 Å². The number of nitro groups is 2. The van der Waals surface area contributed by atoms with Gasteiger partial charge in [0.1, 0.15) is 0 Å². The van der Waals surface area contributed by atoms with Crippen molar-refractivity contribution in [2.45, 2.75) is 6.92 Å². The van der Waals surface area contributed by atoms with Crippen LogP contribution in [0.15, 0.2) is 23.4 Å². The molecule has 1 aromatic rings. The number of benzene rings is 1. The van der Waals surface area contributed by atoms with Crippen LogP contribution in [0, 0.1) is 37.3 Å². The summed E-state index contributed by atoms with van der Waals surface area (Å²) in [5.41, 5.74) is 2.14. The monoisotopic (exact) mass is 270 g/mol. The number of nitroso groups, excluding NO2 is 1. The van der Waals surface area contributed by atoms with Crippen LogP contribution >= 0.6 is 0 Å². The van der Waals surface area contributed by atoms with Crippen LogP contribution in [0.3, 0.4) is 0 Å². The van der Waals surface area contributed by atoms with E-state index in [0.717, 1.165) is 6.07 Å². The molecule has 0 spiro atoms. The van der Waals surface area contributed by atoms with Crippen molar-refractivity contribution < 1.29 is 19.8 Å². The number of nitrogens with zero attached hydrogens (tertiary/aromatic N) is 6. The third-order valence-electron chi connectivity index (χ3n) is 1.93. The second kappa shape index (κ2) is 5.44. The Labute approximate surface area is 104 Å².